The second kappa shape index (κ2) is 6.18. The second-order valence-corrected chi connectivity index (χ2v) is 5.30. The molecule has 1 N–H and O–H groups in total. The SMILES string of the molecule is O=C1CCCCN1CC(=O)N1CCCC(CO)C1. The van der Waals surface area contributed by atoms with E-state index >= 15 is 0 Å². The normalized spacial score (nSPS) is 25.4. The fourth-order valence-corrected chi connectivity index (χ4v) is 2.73. The fourth-order valence-electron chi connectivity index (χ4n) is 2.73. The number of aliphatic hydroxyl groups excluding tert-OH is 1. The number of nitrogens with zero attached hydrogens (tertiary/aromatic N) is 2. The van der Waals surface area contributed by atoms with Gasteiger partial charge < -0.3 is 14.9 Å². The van der Waals surface area contributed by atoms with Crippen molar-refractivity contribution < 1.29 is 14.7 Å². The van der Waals surface area contributed by atoms with Crippen molar-refractivity contribution in [2.45, 2.75) is 32.1 Å². The van der Waals surface area contributed by atoms with Gasteiger partial charge in [0.2, 0.25) is 11.8 Å². The van der Waals surface area contributed by atoms with E-state index in [1.807, 2.05) is 0 Å². The minimum absolute atomic E-state index is 0.0309. The number of aliphatic hydroxyl groups is 1. The molecule has 5 heteroatoms. The van der Waals surface area contributed by atoms with Crippen LogP contribution in [0.15, 0.2) is 0 Å². The first kappa shape index (κ1) is 13.3. The summed E-state index contributed by atoms with van der Waals surface area (Å²) < 4.78 is 0. The molecule has 0 aromatic carbocycles. The van der Waals surface area contributed by atoms with Gasteiger partial charge in [-0.3, -0.25) is 9.59 Å². The van der Waals surface area contributed by atoms with Crippen molar-refractivity contribution in [3.63, 3.8) is 0 Å². The molecule has 2 rings (SSSR count). The average molecular weight is 254 g/mol. The number of piperidine rings is 2. The van der Waals surface area contributed by atoms with Crippen LogP contribution in [0, 0.1) is 5.92 Å². The van der Waals surface area contributed by atoms with Crippen molar-refractivity contribution in [3.05, 3.63) is 0 Å². The Morgan fingerprint density at radius 3 is 2.83 bits per heavy atom. The summed E-state index contributed by atoms with van der Waals surface area (Å²) in [7, 11) is 0. The van der Waals surface area contributed by atoms with Gasteiger partial charge in [0.05, 0.1) is 6.54 Å². The quantitative estimate of drug-likeness (QED) is 0.784. The van der Waals surface area contributed by atoms with Gasteiger partial charge in [-0.2, -0.15) is 0 Å². The molecule has 1 atom stereocenters. The summed E-state index contributed by atoms with van der Waals surface area (Å²) in [4.78, 5) is 27.2. The first-order valence-corrected chi connectivity index (χ1v) is 6.87. The smallest absolute Gasteiger partial charge is 0.242 e. The van der Waals surface area contributed by atoms with Crippen LogP contribution in [0.1, 0.15) is 32.1 Å². The van der Waals surface area contributed by atoms with Gasteiger partial charge in [-0.05, 0) is 31.6 Å². The van der Waals surface area contributed by atoms with Gasteiger partial charge in [-0.1, -0.05) is 0 Å². The van der Waals surface area contributed by atoms with Gasteiger partial charge >= 0.3 is 0 Å². The Kier molecular flexibility index (Phi) is 4.58. The summed E-state index contributed by atoms with van der Waals surface area (Å²) in [5.74, 6) is 0.341. The van der Waals surface area contributed by atoms with Crippen LogP contribution in [0.5, 0.6) is 0 Å². The monoisotopic (exact) mass is 254 g/mol. The van der Waals surface area contributed by atoms with E-state index in [1.54, 1.807) is 9.80 Å². The van der Waals surface area contributed by atoms with Gasteiger partial charge in [0.25, 0.3) is 0 Å². The second-order valence-electron chi connectivity index (χ2n) is 5.30. The molecule has 1 unspecified atom stereocenters. The molecule has 2 heterocycles. The summed E-state index contributed by atoms with van der Waals surface area (Å²) in [5.41, 5.74) is 0. The minimum Gasteiger partial charge on any atom is -0.396 e. The summed E-state index contributed by atoms with van der Waals surface area (Å²) in [6.07, 6.45) is 4.46. The van der Waals surface area contributed by atoms with Crippen molar-refractivity contribution in [2.24, 2.45) is 5.92 Å². The average Bonchev–Trinajstić information content (AvgIpc) is 2.41. The number of hydrogen-bond donors (Lipinski definition) is 1. The highest BCUT2D eigenvalue weighted by atomic mass is 16.3. The molecule has 2 amide bonds. The predicted molar refractivity (Wildman–Crippen MR) is 66.8 cm³/mol. The maximum absolute atomic E-state index is 12.1. The van der Waals surface area contributed by atoms with Crippen LogP contribution in [0.25, 0.3) is 0 Å². The Balaban J connectivity index is 1.85. The highest BCUT2D eigenvalue weighted by Gasteiger charge is 2.26. The van der Waals surface area contributed by atoms with Gasteiger partial charge in [0.15, 0.2) is 0 Å². The largest absolute Gasteiger partial charge is 0.396 e. The van der Waals surface area contributed by atoms with Gasteiger partial charge in [-0.25, -0.2) is 0 Å². The van der Waals surface area contributed by atoms with Crippen LogP contribution in [-0.4, -0.2) is 59.5 Å². The fraction of sp³-hybridized carbons (Fsp3) is 0.846. The molecular weight excluding hydrogens is 232 g/mol. The molecule has 102 valence electrons. The highest BCUT2D eigenvalue weighted by Crippen LogP contribution is 2.17. The lowest BCUT2D eigenvalue weighted by Gasteiger charge is -2.34. The van der Waals surface area contributed by atoms with Gasteiger partial charge in [-0.15, -0.1) is 0 Å². The Hall–Kier alpha value is -1.10. The molecule has 0 aliphatic carbocycles. The van der Waals surface area contributed by atoms with E-state index in [0.717, 1.165) is 32.2 Å². The zero-order valence-corrected chi connectivity index (χ0v) is 10.8. The van der Waals surface area contributed by atoms with Crippen LogP contribution in [0.3, 0.4) is 0 Å². The van der Waals surface area contributed by atoms with E-state index in [4.69, 9.17) is 5.11 Å². The predicted octanol–water partition coefficient (Wildman–Crippen LogP) is 0.230. The van der Waals surface area contributed by atoms with Gasteiger partial charge in [0.1, 0.15) is 0 Å². The third-order valence-electron chi connectivity index (χ3n) is 3.88. The Morgan fingerprint density at radius 1 is 1.28 bits per heavy atom. The molecule has 5 nitrogen and oxygen atoms in total. The van der Waals surface area contributed by atoms with Crippen LogP contribution in [-0.2, 0) is 9.59 Å². The topological polar surface area (TPSA) is 60.9 Å². The minimum atomic E-state index is 0.0309. The Labute approximate surface area is 108 Å². The lowest BCUT2D eigenvalue weighted by Crippen LogP contribution is -2.48. The molecule has 0 spiro atoms. The van der Waals surface area contributed by atoms with Crippen molar-refractivity contribution in [3.8, 4) is 0 Å². The standard InChI is InChI=1S/C13H22N2O3/c16-10-11-4-3-7-14(8-11)13(18)9-15-6-2-1-5-12(15)17/h11,16H,1-10H2. The summed E-state index contributed by atoms with van der Waals surface area (Å²) in [6.45, 7) is 2.47. The van der Waals surface area contributed by atoms with Crippen LogP contribution < -0.4 is 0 Å². The first-order chi connectivity index (χ1) is 8.70. The molecule has 0 radical (unpaired) electrons. The molecule has 18 heavy (non-hydrogen) atoms. The Bertz CT molecular complexity index is 319. The number of likely N-dealkylation sites (tertiary alicyclic amines) is 2. The van der Waals surface area contributed by atoms with Crippen molar-refractivity contribution >= 4 is 11.8 Å². The molecule has 2 aliphatic heterocycles. The zero-order chi connectivity index (χ0) is 13.0. The van der Waals surface area contributed by atoms with E-state index in [0.29, 0.717) is 19.5 Å². The summed E-state index contributed by atoms with van der Waals surface area (Å²) in [6, 6.07) is 0. The lowest BCUT2D eigenvalue weighted by atomic mass is 9.99. The van der Waals surface area contributed by atoms with Crippen LogP contribution in [0.2, 0.25) is 0 Å². The first-order valence-electron chi connectivity index (χ1n) is 6.87. The molecule has 2 aliphatic rings. The van der Waals surface area contributed by atoms with Crippen LogP contribution in [0.4, 0.5) is 0 Å². The van der Waals surface area contributed by atoms with Gasteiger partial charge in [0, 0.05) is 32.7 Å². The molecule has 2 fully saturated rings. The van der Waals surface area contributed by atoms with Crippen molar-refractivity contribution in [1.82, 2.24) is 9.80 Å². The number of hydrogen-bond acceptors (Lipinski definition) is 3. The molecule has 0 aromatic rings. The molecular formula is C13H22N2O3. The highest BCUT2D eigenvalue weighted by molar-refractivity contribution is 5.85. The maximum Gasteiger partial charge on any atom is 0.242 e. The Morgan fingerprint density at radius 2 is 2.11 bits per heavy atom. The molecule has 0 saturated carbocycles. The van der Waals surface area contributed by atoms with Crippen molar-refractivity contribution in [2.75, 3.05) is 32.8 Å². The lowest BCUT2D eigenvalue weighted by molar-refractivity contribution is -0.143. The number of rotatable bonds is 3. The van der Waals surface area contributed by atoms with E-state index in [1.165, 1.54) is 0 Å². The van der Waals surface area contributed by atoms with E-state index in [-0.39, 0.29) is 30.9 Å². The number of carbonyl (C=O) groups is 2. The van der Waals surface area contributed by atoms with E-state index in [2.05, 4.69) is 0 Å². The summed E-state index contributed by atoms with van der Waals surface area (Å²) in [5, 5.41) is 9.15. The number of amides is 2. The van der Waals surface area contributed by atoms with Crippen molar-refractivity contribution in [1.29, 1.82) is 0 Å². The summed E-state index contributed by atoms with van der Waals surface area (Å²) >= 11 is 0. The molecule has 2 saturated heterocycles. The van der Waals surface area contributed by atoms with E-state index < -0.39 is 0 Å². The third kappa shape index (κ3) is 3.22. The third-order valence-corrected chi connectivity index (χ3v) is 3.88. The number of carbonyl (C=O) groups excluding carboxylic acids is 2. The zero-order valence-electron chi connectivity index (χ0n) is 10.8. The van der Waals surface area contributed by atoms with E-state index in [9.17, 15) is 9.59 Å². The molecule has 0 bridgehead atoms. The molecule has 0 aromatic heterocycles. The van der Waals surface area contributed by atoms with Crippen LogP contribution >= 0.6 is 0 Å². The maximum atomic E-state index is 12.1.